The van der Waals surface area contributed by atoms with E-state index < -0.39 is 0 Å². The quantitative estimate of drug-likeness (QED) is 0.170. The smallest absolute Gasteiger partial charge is 0.136 e. The van der Waals surface area contributed by atoms with Crippen LogP contribution in [0.15, 0.2) is 199 Å². The van der Waals surface area contributed by atoms with Crippen LogP contribution >= 0.6 is 0 Å². The van der Waals surface area contributed by atoms with Gasteiger partial charge in [-0.3, -0.25) is 0 Å². The molecule has 0 saturated carbocycles. The first-order valence-corrected chi connectivity index (χ1v) is 18.2. The molecule has 0 saturated heterocycles. The molecule has 53 heavy (non-hydrogen) atoms. The van der Waals surface area contributed by atoms with Crippen LogP contribution < -0.4 is 0 Å². The SMILES string of the molecule is c1ccc2cc(-c3c4ccccc4c(-c4ccc(-c5ccc(-c6ccc7oc8ccc9ccccc9c8c7c6)cc5)cc4)c4ccccc34)ccc2c1. The van der Waals surface area contributed by atoms with Crippen molar-refractivity contribution in [3.8, 4) is 44.5 Å². The molecule has 0 unspecified atom stereocenters. The van der Waals surface area contributed by atoms with Crippen LogP contribution in [-0.2, 0) is 0 Å². The third kappa shape index (κ3) is 4.79. The van der Waals surface area contributed by atoms with Crippen molar-refractivity contribution in [1.82, 2.24) is 0 Å². The Morgan fingerprint density at radius 1 is 0.245 bits per heavy atom. The zero-order valence-corrected chi connectivity index (χ0v) is 28.9. The van der Waals surface area contributed by atoms with Crippen LogP contribution in [0.2, 0.25) is 0 Å². The van der Waals surface area contributed by atoms with Gasteiger partial charge in [0.2, 0.25) is 0 Å². The largest absolute Gasteiger partial charge is 0.456 e. The summed E-state index contributed by atoms with van der Waals surface area (Å²) in [6, 6.07) is 70.6. The van der Waals surface area contributed by atoms with Crippen LogP contribution in [0.5, 0.6) is 0 Å². The Kier molecular flexibility index (Phi) is 6.62. The predicted octanol–water partition coefficient (Wildman–Crippen LogP) is 14.9. The average Bonchev–Trinajstić information content (AvgIpc) is 3.61. The molecule has 10 aromatic carbocycles. The van der Waals surface area contributed by atoms with Crippen molar-refractivity contribution in [2.75, 3.05) is 0 Å². The minimum Gasteiger partial charge on any atom is -0.456 e. The van der Waals surface area contributed by atoms with Crippen LogP contribution in [0.1, 0.15) is 0 Å². The standard InChI is InChI=1S/C52H32O/c1-2-11-39-31-41(26-23-33(39)9-1)51-45-15-7-5-13-43(45)50(44-14-6-8-16-46(44)51)38-24-21-35(22-25-38)34-17-19-36(20-18-34)40-28-29-48-47(32-40)52-42-12-4-3-10-37(42)27-30-49(52)53-48/h1-32H. The van der Waals surface area contributed by atoms with Gasteiger partial charge in [0.15, 0.2) is 0 Å². The van der Waals surface area contributed by atoms with Crippen LogP contribution in [-0.4, -0.2) is 0 Å². The molecule has 246 valence electrons. The van der Waals surface area contributed by atoms with Gasteiger partial charge >= 0.3 is 0 Å². The Bertz CT molecular complexity index is 3140. The summed E-state index contributed by atoms with van der Waals surface area (Å²) in [6.45, 7) is 0. The summed E-state index contributed by atoms with van der Waals surface area (Å²) in [6.07, 6.45) is 0. The van der Waals surface area contributed by atoms with Crippen molar-refractivity contribution < 1.29 is 4.42 Å². The molecule has 0 bridgehead atoms. The lowest BCUT2D eigenvalue weighted by atomic mass is 9.85. The van der Waals surface area contributed by atoms with Gasteiger partial charge in [-0.05, 0) is 112 Å². The average molecular weight is 673 g/mol. The summed E-state index contributed by atoms with van der Waals surface area (Å²) >= 11 is 0. The molecule has 0 aliphatic heterocycles. The molecule has 1 nitrogen and oxygen atoms in total. The van der Waals surface area contributed by atoms with Gasteiger partial charge in [0.05, 0.1) is 0 Å². The zero-order chi connectivity index (χ0) is 34.9. The summed E-state index contributed by atoms with van der Waals surface area (Å²) in [5, 5.41) is 12.4. The van der Waals surface area contributed by atoms with E-state index in [1.54, 1.807) is 0 Å². The molecule has 0 radical (unpaired) electrons. The molecule has 0 N–H and O–H groups in total. The summed E-state index contributed by atoms with van der Waals surface area (Å²) in [4.78, 5) is 0. The topological polar surface area (TPSA) is 13.1 Å². The first-order chi connectivity index (χ1) is 26.3. The van der Waals surface area contributed by atoms with Gasteiger partial charge in [-0.2, -0.15) is 0 Å². The van der Waals surface area contributed by atoms with Crippen LogP contribution in [0, 0.1) is 0 Å². The van der Waals surface area contributed by atoms with E-state index in [0.717, 1.165) is 16.6 Å². The Morgan fingerprint density at radius 2 is 0.679 bits per heavy atom. The van der Waals surface area contributed by atoms with E-state index in [2.05, 4.69) is 194 Å². The number of rotatable bonds is 4. The Hall–Kier alpha value is -6.96. The van der Waals surface area contributed by atoms with E-state index in [0.29, 0.717) is 0 Å². The van der Waals surface area contributed by atoms with Crippen LogP contribution in [0.4, 0.5) is 0 Å². The highest BCUT2D eigenvalue weighted by Crippen LogP contribution is 2.44. The molecule has 1 heterocycles. The normalized spacial score (nSPS) is 11.8. The van der Waals surface area contributed by atoms with Crippen LogP contribution in [0.3, 0.4) is 0 Å². The number of hydrogen-bond acceptors (Lipinski definition) is 1. The van der Waals surface area contributed by atoms with E-state index >= 15 is 0 Å². The molecular formula is C52H32O. The lowest BCUT2D eigenvalue weighted by molar-refractivity contribution is 0.669. The van der Waals surface area contributed by atoms with Gasteiger partial charge in [-0.25, -0.2) is 0 Å². The summed E-state index contributed by atoms with van der Waals surface area (Å²) in [5.41, 5.74) is 11.6. The fourth-order valence-corrected chi connectivity index (χ4v) is 8.51. The zero-order valence-electron chi connectivity index (χ0n) is 28.9. The van der Waals surface area contributed by atoms with Gasteiger partial charge in [0, 0.05) is 10.8 Å². The van der Waals surface area contributed by atoms with E-state index in [1.165, 1.54) is 93.0 Å². The molecule has 1 aromatic heterocycles. The monoisotopic (exact) mass is 672 g/mol. The third-order valence-corrected chi connectivity index (χ3v) is 11.1. The fraction of sp³-hybridized carbons (Fsp3) is 0. The molecule has 11 rings (SSSR count). The second-order valence-electron chi connectivity index (χ2n) is 14.0. The molecular weight excluding hydrogens is 641 g/mol. The van der Waals surface area contributed by atoms with E-state index in [4.69, 9.17) is 4.42 Å². The third-order valence-electron chi connectivity index (χ3n) is 11.1. The highest BCUT2D eigenvalue weighted by atomic mass is 16.3. The van der Waals surface area contributed by atoms with Gasteiger partial charge < -0.3 is 4.42 Å². The van der Waals surface area contributed by atoms with Crippen molar-refractivity contribution in [2.24, 2.45) is 0 Å². The van der Waals surface area contributed by atoms with Gasteiger partial charge in [-0.1, -0.05) is 170 Å². The van der Waals surface area contributed by atoms with Gasteiger partial charge in [0.25, 0.3) is 0 Å². The van der Waals surface area contributed by atoms with Gasteiger partial charge in [0.1, 0.15) is 11.2 Å². The predicted molar refractivity (Wildman–Crippen MR) is 225 cm³/mol. The Labute approximate surface area is 307 Å². The van der Waals surface area contributed by atoms with E-state index in [9.17, 15) is 0 Å². The second-order valence-corrected chi connectivity index (χ2v) is 14.0. The number of benzene rings is 10. The van der Waals surface area contributed by atoms with E-state index in [1.807, 2.05) is 0 Å². The van der Waals surface area contributed by atoms with Crippen molar-refractivity contribution in [3.63, 3.8) is 0 Å². The molecule has 11 aromatic rings. The molecule has 0 fully saturated rings. The summed E-state index contributed by atoms with van der Waals surface area (Å²) in [5.74, 6) is 0. The number of furan rings is 1. The fourth-order valence-electron chi connectivity index (χ4n) is 8.51. The maximum Gasteiger partial charge on any atom is 0.136 e. The molecule has 1 heteroatoms. The highest BCUT2D eigenvalue weighted by Gasteiger charge is 2.17. The lowest BCUT2D eigenvalue weighted by Crippen LogP contribution is -1.91. The number of fused-ring (bicyclic) bond motifs is 8. The first-order valence-electron chi connectivity index (χ1n) is 18.2. The van der Waals surface area contributed by atoms with Crippen LogP contribution in [0.25, 0.3) is 110 Å². The van der Waals surface area contributed by atoms with Crippen molar-refractivity contribution in [2.45, 2.75) is 0 Å². The molecule has 0 aliphatic carbocycles. The minimum absolute atomic E-state index is 0.917. The maximum absolute atomic E-state index is 6.26. The maximum atomic E-state index is 6.26. The minimum atomic E-state index is 0.917. The Balaban J connectivity index is 0.972. The second kappa shape index (κ2) is 11.8. The summed E-state index contributed by atoms with van der Waals surface area (Å²) in [7, 11) is 0. The van der Waals surface area contributed by atoms with Gasteiger partial charge in [-0.15, -0.1) is 0 Å². The first kappa shape index (κ1) is 29.7. The Morgan fingerprint density at radius 3 is 1.32 bits per heavy atom. The summed E-state index contributed by atoms with van der Waals surface area (Å²) < 4.78 is 6.26. The highest BCUT2D eigenvalue weighted by molar-refractivity contribution is 6.22. The van der Waals surface area contributed by atoms with Crippen molar-refractivity contribution >= 4 is 65.0 Å². The molecule has 0 spiro atoms. The molecule has 0 amide bonds. The molecule has 0 aliphatic rings. The number of hydrogen-bond donors (Lipinski definition) is 0. The van der Waals surface area contributed by atoms with Crippen molar-refractivity contribution in [1.29, 1.82) is 0 Å². The van der Waals surface area contributed by atoms with E-state index in [-0.39, 0.29) is 0 Å². The lowest BCUT2D eigenvalue weighted by Gasteiger charge is -2.18. The van der Waals surface area contributed by atoms with Crippen molar-refractivity contribution in [3.05, 3.63) is 194 Å². The molecule has 0 atom stereocenters.